The lowest BCUT2D eigenvalue weighted by atomic mass is 9.94. The summed E-state index contributed by atoms with van der Waals surface area (Å²) in [6.07, 6.45) is -0.415. The Morgan fingerprint density at radius 3 is 2.56 bits per heavy atom. The lowest BCUT2D eigenvalue weighted by molar-refractivity contribution is -0.146. The number of carbonyl (C=O) groups is 2. The molecular weight excluding hydrogens is 515 g/mol. The van der Waals surface area contributed by atoms with Gasteiger partial charge in [0.1, 0.15) is 29.7 Å². The maximum Gasteiger partial charge on any atom is 0.408 e. The quantitative estimate of drug-likeness (QED) is 0.420. The lowest BCUT2D eigenvalue weighted by Gasteiger charge is -2.48. The first-order valence-electron chi connectivity index (χ1n) is 12.1. The van der Waals surface area contributed by atoms with Gasteiger partial charge >= 0.3 is 6.18 Å². The molecule has 204 valence electrons. The van der Waals surface area contributed by atoms with Crippen LogP contribution in [0.1, 0.15) is 27.7 Å². The summed E-state index contributed by atoms with van der Waals surface area (Å²) in [5.74, 6) is -0.0479. The van der Waals surface area contributed by atoms with Gasteiger partial charge in [0.2, 0.25) is 5.91 Å². The molecule has 0 aliphatic carbocycles. The van der Waals surface area contributed by atoms with Gasteiger partial charge in [-0.1, -0.05) is 0 Å². The molecule has 4 aromatic rings. The van der Waals surface area contributed by atoms with Crippen molar-refractivity contribution in [1.82, 2.24) is 34.3 Å². The van der Waals surface area contributed by atoms with E-state index in [4.69, 9.17) is 5.73 Å². The molecule has 14 heteroatoms. The number of pyridine rings is 1. The highest BCUT2D eigenvalue weighted by Gasteiger charge is 2.47. The maximum atomic E-state index is 13.5. The Labute approximate surface area is 221 Å². The van der Waals surface area contributed by atoms with E-state index >= 15 is 0 Å². The largest absolute Gasteiger partial charge is 0.408 e. The van der Waals surface area contributed by atoms with Gasteiger partial charge in [0, 0.05) is 37.0 Å². The number of hydrogen-bond acceptors (Lipinski definition) is 7. The van der Waals surface area contributed by atoms with Crippen LogP contribution in [0, 0.1) is 0 Å². The molecule has 2 N–H and O–H groups in total. The molecule has 1 aliphatic rings. The molecule has 1 unspecified atom stereocenters. The van der Waals surface area contributed by atoms with E-state index in [-0.39, 0.29) is 29.4 Å². The molecule has 11 nitrogen and oxygen atoms in total. The fourth-order valence-corrected chi connectivity index (χ4v) is 5.07. The molecule has 0 radical (unpaired) electrons. The summed E-state index contributed by atoms with van der Waals surface area (Å²) in [4.78, 5) is 37.3. The van der Waals surface area contributed by atoms with Crippen LogP contribution in [-0.2, 0) is 16.1 Å². The minimum Gasteiger partial charge on any atom is -0.382 e. The van der Waals surface area contributed by atoms with Gasteiger partial charge in [-0.2, -0.15) is 23.4 Å². The second kappa shape index (κ2) is 9.06. The molecule has 4 aromatic heterocycles. The van der Waals surface area contributed by atoms with Crippen LogP contribution in [0.2, 0.25) is 0 Å². The summed E-state index contributed by atoms with van der Waals surface area (Å²) in [5.41, 5.74) is 7.04. The maximum absolute atomic E-state index is 13.5. The third-order valence-corrected chi connectivity index (χ3v) is 6.88. The van der Waals surface area contributed by atoms with Gasteiger partial charge in [-0.05, 0) is 45.0 Å². The summed E-state index contributed by atoms with van der Waals surface area (Å²) >= 11 is 0. The SMILES string of the molecule is CC(=O)N1CC(C)N(c2cc(-c3cc(-c4ccnn4CC(F)(F)F)c4c(N)ncnn34)ccn2)C(=O)C1(C)C. The van der Waals surface area contributed by atoms with E-state index < -0.39 is 18.3 Å². The van der Waals surface area contributed by atoms with Gasteiger partial charge in [-0.15, -0.1) is 0 Å². The summed E-state index contributed by atoms with van der Waals surface area (Å²) < 4.78 is 42.0. The highest BCUT2D eigenvalue weighted by molar-refractivity contribution is 6.03. The molecule has 0 bridgehead atoms. The predicted octanol–water partition coefficient (Wildman–Crippen LogP) is 3.16. The van der Waals surface area contributed by atoms with E-state index in [1.54, 1.807) is 36.9 Å². The first-order chi connectivity index (χ1) is 18.3. The van der Waals surface area contributed by atoms with E-state index in [0.717, 1.165) is 4.68 Å². The van der Waals surface area contributed by atoms with Crippen LogP contribution < -0.4 is 10.6 Å². The summed E-state index contributed by atoms with van der Waals surface area (Å²) in [6.45, 7) is 5.69. The second-order valence-electron chi connectivity index (χ2n) is 9.95. The van der Waals surface area contributed by atoms with Crippen LogP contribution in [0.25, 0.3) is 28.0 Å². The van der Waals surface area contributed by atoms with Crippen molar-refractivity contribution in [3.05, 3.63) is 43.0 Å². The highest BCUT2D eigenvalue weighted by Crippen LogP contribution is 2.37. The third-order valence-electron chi connectivity index (χ3n) is 6.88. The first-order valence-corrected chi connectivity index (χ1v) is 12.1. The molecule has 1 saturated heterocycles. The van der Waals surface area contributed by atoms with E-state index in [9.17, 15) is 22.8 Å². The molecule has 39 heavy (non-hydrogen) atoms. The fraction of sp³-hybridized carbons (Fsp3) is 0.360. The molecule has 1 aliphatic heterocycles. The van der Waals surface area contributed by atoms with Gasteiger partial charge < -0.3 is 10.6 Å². The molecule has 2 amide bonds. The number of piperazine rings is 1. The number of aromatic nitrogens is 6. The number of hydrogen-bond donors (Lipinski definition) is 1. The number of nitrogen functional groups attached to an aromatic ring is 1. The lowest BCUT2D eigenvalue weighted by Crippen LogP contribution is -2.67. The Kier molecular flexibility index (Phi) is 6.07. The summed E-state index contributed by atoms with van der Waals surface area (Å²) in [6, 6.07) is 6.17. The van der Waals surface area contributed by atoms with Crippen LogP contribution in [0.15, 0.2) is 43.0 Å². The van der Waals surface area contributed by atoms with Gasteiger partial charge in [0.05, 0.1) is 17.4 Å². The highest BCUT2D eigenvalue weighted by atomic mass is 19.4. The average molecular weight is 542 g/mol. The van der Waals surface area contributed by atoms with Gasteiger partial charge in [0.15, 0.2) is 5.82 Å². The molecule has 0 spiro atoms. The van der Waals surface area contributed by atoms with Crippen molar-refractivity contribution in [3.63, 3.8) is 0 Å². The monoisotopic (exact) mass is 541 g/mol. The van der Waals surface area contributed by atoms with E-state index in [2.05, 4.69) is 20.2 Å². The number of anilines is 2. The predicted molar refractivity (Wildman–Crippen MR) is 136 cm³/mol. The molecule has 1 fully saturated rings. The zero-order valence-corrected chi connectivity index (χ0v) is 21.6. The molecule has 0 saturated carbocycles. The minimum absolute atomic E-state index is 0.0752. The van der Waals surface area contributed by atoms with Crippen molar-refractivity contribution in [2.75, 3.05) is 17.2 Å². The van der Waals surface area contributed by atoms with Gasteiger partial charge in [0.25, 0.3) is 5.91 Å². The number of nitrogens with zero attached hydrogens (tertiary/aromatic N) is 8. The van der Waals surface area contributed by atoms with E-state index in [1.807, 2.05) is 6.92 Å². The van der Waals surface area contributed by atoms with Crippen molar-refractivity contribution in [1.29, 1.82) is 0 Å². The average Bonchev–Trinajstić information content (AvgIpc) is 3.45. The van der Waals surface area contributed by atoms with Crippen molar-refractivity contribution in [2.24, 2.45) is 0 Å². The van der Waals surface area contributed by atoms with Crippen LogP contribution in [0.4, 0.5) is 24.8 Å². The van der Waals surface area contributed by atoms with Crippen LogP contribution in [0.5, 0.6) is 0 Å². The molecular formula is C25H26F3N9O2. The smallest absolute Gasteiger partial charge is 0.382 e. The van der Waals surface area contributed by atoms with Crippen molar-refractivity contribution >= 4 is 29.0 Å². The number of carbonyl (C=O) groups excluding carboxylic acids is 2. The van der Waals surface area contributed by atoms with Crippen LogP contribution in [-0.4, -0.2) is 70.4 Å². The Bertz CT molecular complexity index is 1590. The molecule has 0 aromatic carbocycles. The summed E-state index contributed by atoms with van der Waals surface area (Å²) in [7, 11) is 0. The number of amides is 2. The number of fused-ring (bicyclic) bond motifs is 1. The zero-order chi connectivity index (χ0) is 28.3. The Morgan fingerprint density at radius 2 is 1.87 bits per heavy atom. The number of nitrogens with two attached hydrogens (primary N) is 1. The Morgan fingerprint density at radius 1 is 1.13 bits per heavy atom. The van der Waals surface area contributed by atoms with Crippen molar-refractivity contribution < 1.29 is 22.8 Å². The topological polar surface area (TPSA) is 128 Å². The normalized spacial score (nSPS) is 17.7. The van der Waals surface area contributed by atoms with Gasteiger partial charge in [-0.25, -0.2) is 14.5 Å². The Balaban J connectivity index is 1.62. The van der Waals surface area contributed by atoms with E-state index in [0.29, 0.717) is 34.7 Å². The summed E-state index contributed by atoms with van der Waals surface area (Å²) in [5, 5.41) is 8.15. The fourth-order valence-electron chi connectivity index (χ4n) is 5.07. The molecule has 1 atom stereocenters. The van der Waals surface area contributed by atoms with Crippen molar-refractivity contribution in [2.45, 2.75) is 52.0 Å². The van der Waals surface area contributed by atoms with Gasteiger partial charge in [-0.3, -0.25) is 19.2 Å². The number of rotatable bonds is 4. The Hall–Kier alpha value is -4.49. The standard InChI is InChI=1S/C25H26F3N9O2/c1-14-11-34(15(2)38)24(3,4)23(39)36(14)20-9-16(5-7-30-20)19-10-17(21-22(29)31-13-33-37(19)21)18-6-8-32-35(18)12-25(26,27)28/h5-10,13-14H,11-12H2,1-4H3,(H2,29,31,33). The second-order valence-corrected chi connectivity index (χ2v) is 9.95. The van der Waals surface area contributed by atoms with Crippen LogP contribution >= 0.6 is 0 Å². The van der Waals surface area contributed by atoms with Crippen LogP contribution in [0.3, 0.4) is 0 Å². The third kappa shape index (κ3) is 4.45. The van der Waals surface area contributed by atoms with Crippen molar-refractivity contribution in [3.8, 4) is 22.5 Å². The molecule has 5 heterocycles. The zero-order valence-electron chi connectivity index (χ0n) is 21.6. The first kappa shape index (κ1) is 26.1. The van der Waals surface area contributed by atoms with E-state index in [1.165, 1.54) is 41.1 Å². The molecule has 5 rings (SSSR count). The number of halogens is 3. The number of alkyl halides is 3. The minimum atomic E-state index is -4.48.